The smallest absolute Gasteiger partial charge is 0.248 e. The van der Waals surface area contributed by atoms with Gasteiger partial charge in [-0.25, -0.2) is 0 Å². The number of aromatic nitrogens is 2. The number of hydrogen-bond donors (Lipinski definition) is 3. The quantitative estimate of drug-likeness (QED) is 0.738. The molecule has 1 aromatic heterocycles. The molecule has 2 aromatic rings. The number of carbonyl (C=O) groups excluding carboxylic acids is 2. The fraction of sp³-hybridized carbons (Fsp3) is 0.294. The van der Waals surface area contributed by atoms with Gasteiger partial charge >= 0.3 is 0 Å². The minimum absolute atomic E-state index is 0.269. The second-order valence-corrected chi connectivity index (χ2v) is 6.10. The molecule has 1 heterocycles. The first-order valence-electron chi connectivity index (χ1n) is 7.78. The number of hydrogen-bond acceptors (Lipinski definition) is 5. The predicted molar refractivity (Wildman–Crippen MR) is 90.0 cm³/mol. The summed E-state index contributed by atoms with van der Waals surface area (Å²) in [5.41, 5.74) is 12.1. The summed E-state index contributed by atoms with van der Waals surface area (Å²) in [5, 5.41) is 11.4. The maximum Gasteiger partial charge on any atom is 0.248 e. The number of benzene rings is 1. The van der Waals surface area contributed by atoms with E-state index in [2.05, 4.69) is 15.5 Å². The molecule has 0 unspecified atom stereocenters. The van der Waals surface area contributed by atoms with Crippen molar-refractivity contribution >= 4 is 17.6 Å². The van der Waals surface area contributed by atoms with Gasteiger partial charge in [0, 0.05) is 17.7 Å². The van der Waals surface area contributed by atoms with Crippen LogP contribution in [0.5, 0.6) is 0 Å². The van der Waals surface area contributed by atoms with Crippen molar-refractivity contribution in [3.05, 3.63) is 42.0 Å². The van der Waals surface area contributed by atoms with Gasteiger partial charge in [-0.3, -0.25) is 9.59 Å². The fourth-order valence-electron chi connectivity index (χ4n) is 2.79. The monoisotopic (exact) mass is 325 g/mol. The molecule has 2 amide bonds. The van der Waals surface area contributed by atoms with Crippen molar-refractivity contribution in [1.29, 1.82) is 0 Å². The maximum atomic E-state index is 11.6. The lowest BCUT2D eigenvalue weighted by Gasteiger charge is -2.38. The molecule has 124 valence electrons. The third-order valence-electron chi connectivity index (χ3n) is 4.55. The fourth-order valence-corrected chi connectivity index (χ4v) is 2.79. The van der Waals surface area contributed by atoms with Crippen LogP contribution in [0, 0.1) is 5.41 Å². The molecule has 1 saturated carbocycles. The Kier molecular flexibility index (Phi) is 4.16. The summed E-state index contributed by atoms with van der Waals surface area (Å²) < 4.78 is 0. The minimum atomic E-state index is -0.486. The first-order chi connectivity index (χ1) is 11.5. The van der Waals surface area contributed by atoms with Gasteiger partial charge in [-0.1, -0.05) is 18.6 Å². The molecule has 1 aliphatic rings. The van der Waals surface area contributed by atoms with E-state index in [4.69, 9.17) is 11.5 Å². The number of primary amides is 2. The minimum Gasteiger partial charge on any atom is -0.369 e. The van der Waals surface area contributed by atoms with Crippen LogP contribution in [0.4, 0.5) is 5.82 Å². The summed E-state index contributed by atoms with van der Waals surface area (Å²) in [6, 6.07) is 10.5. The number of nitrogens with zero attached hydrogens (tertiary/aromatic N) is 2. The second kappa shape index (κ2) is 6.27. The summed E-state index contributed by atoms with van der Waals surface area (Å²) in [5.74, 6) is -0.174. The first-order valence-corrected chi connectivity index (χ1v) is 7.78. The highest BCUT2D eigenvalue weighted by Gasteiger charge is 2.42. The molecular formula is C17H19N5O2. The van der Waals surface area contributed by atoms with Gasteiger partial charge < -0.3 is 16.8 Å². The van der Waals surface area contributed by atoms with Crippen LogP contribution in [0.2, 0.25) is 0 Å². The Hall–Kier alpha value is -2.96. The van der Waals surface area contributed by atoms with Crippen LogP contribution in [0.1, 0.15) is 29.6 Å². The van der Waals surface area contributed by atoms with Crippen molar-refractivity contribution in [3.8, 4) is 11.3 Å². The van der Waals surface area contributed by atoms with Crippen molar-refractivity contribution in [2.24, 2.45) is 16.9 Å². The SMILES string of the molecule is NC(=O)c1cccc(-c2ccc(NCC3(C(N)=O)CCC3)nn2)c1. The van der Waals surface area contributed by atoms with Crippen molar-refractivity contribution in [2.75, 3.05) is 11.9 Å². The Balaban J connectivity index is 1.70. The molecule has 0 spiro atoms. The highest BCUT2D eigenvalue weighted by molar-refractivity contribution is 5.94. The number of rotatable bonds is 6. The Labute approximate surface area is 139 Å². The van der Waals surface area contributed by atoms with E-state index in [1.165, 1.54) is 0 Å². The van der Waals surface area contributed by atoms with E-state index in [0.717, 1.165) is 24.8 Å². The molecule has 0 saturated heterocycles. The number of anilines is 1. The second-order valence-electron chi connectivity index (χ2n) is 6.10. The van der Waals surface area contributed by atoms with Crippen LogP contribution < -0.4 is 16.8 Å². The van der Waals surface area contributed by atoms with E-state index < -0.39 is 11.3 Å². The maximum absolute atomic E-state index is 11.6. The van der Waals surface area contributed by atoms with Crippen molar-refractivity contribution < 1.29 is 9.59 Å². The zero-order valence-electron chi connectivity index (χ0n) is 13.2. The van der Waals surface area contributed by atoms with Crippen molar-refractivity contribution in [2.45, 2.75) is 19.3 Å². The lowest BCUT2D eigenvalue weighted by atomic mass is 9.68. The lowest BCUT2D eigenvalue weighted by molar-refractivity contribution is -0.131. The van der Waals surface area contributed by atoms with E-state index >= 15 is 0 Å². The van der Waals surface area contributed by atoms with Crippen molar-refractivity contribution in [1.82, 2.24) is 10.2 Å². The first kappa shape index (κ1) is 15.9. The highest BCUT2D eigenvalue weighted by atomic mass is 16.1. The average Bonchev–Trinajstić information content (AvgIpc) is 2.54. The number of nitrogens with two attached hydrogens (primary N) is 2. The summed E-state index contributed by atoms with van der Waals surface area (Å²) in [4.78, 5) is 22.8. The molecule has 5 N–H and O–H groups in total. The Morgan fingerprint density at radius 1 is 1.12 bits per heavy atom. The van der Waals surface area contributed by atoms with Gasteiger partial charge in [-0.15, -0.1) is 10.2 Å². The zero-order valence-corrected chi connectivity index (χ0v) is 13.2. The van der Waals surface area contributed by atoms with Crippen LogP contribution in [0.15, 0.2) is 36.4 Å². The molecule has 7 nitrogen and oxygen atoms in total. The standard InChI is InChI=1S/C17H19N5O2/c18-15(23)12-4-1-3-11(9-12)13-5-6-14(22-21-13)20-10-17(16(19)24)7-2-8-17/h1,3-6,9H,2,7-8,10H2,(H2,18,23)(H2,19,24)(H,20,22). The Morgan fingerprint density at radius 2 is 1.92 bits per heavy atom. The molecule has 0 bridgehead atoms. The molecule has 1 aromatic carbocycles. The summed E-state index contributed by atoms with van der Waals surface area (Å²) in [6.45, 7) is 0.466. The topological polar surface area (TPSA) is 124 Å². The van der Waals surface area contributed by atoms with E-state index in [1.54, 1.807) is 30.3 Å². The van der Waals surface area contributed by atoms with Gasteiger partial charge in [0.25, 0.3) is 0 Å². The van der Waals surface area contributed by atoms with Crippen LogP contribution >= 0.6 is 0 Å². The van der Waals surface area contributed by atoms with Gasteiger partial charge in [0.1, 0.15) is 5.82 Å². The molecule has 0 aliphatic heterocycles. The molecule has 1 fully saturated rings. The third kappa shape index (κ3) is 3.05. The summed E-state index contributed by atoms with van der Waals surface area (Å²) in [7, 11) is 0. The number of nitrogens with one attached hydrogen (secondary N) is 1. The normalized spacial score (nSPS) is 15.3. The van der Waals surface area contributed by atoms with Crippen LogP contribution in [-0.2, 0) is 4.79 Å². The van der Waals surface area contributed by atoms with Gasteiger partial charge in [-0.05, 0) is 37.1 Å². The predicted octanol–water partition coefficient (Wildman–Crippen LogP) is 1.31. The van der Waals surface area contributed by atoms with Gasteiger partial charge in [-0.2, -0.15) is 0 Å². The summed E-state index contributed by atoms with van der Waals surface area (Å²) >= 11 is 0. The average molecular weight is 325 g/mol. The van der Waals surface area contributed by atoms with Crippen molar-refractivity contribution in [3.63, 3.8) is 0 Å². The van der Waals surface area contributed by atoms with Crippen LogP contribution in [0.3, 0.4) is 0 Å². The van der Waals surface area contributed by atoms with Gasteiger partial charge in [0.2, 0.25) is 11.8 Å². The molecule has 3 rings (SSSR count). The van der Waals surface area contributed by atoms with E-state index in [0.29, 0.717) is 23.6 Å². The molecule has 0 radical (unpaired) electrons. The molecule has 1 aliphatic carbocycles. The van der Waals surface area contributed by atoms with Crippen LogP contribution in [-0.4, -0.2) is 28.6 Å². The summed E-state index contributed by atoms with van der Waals surface area (Å²) in [6.07, 6.45) is 2.63. The molecular weight excluding hydrogens is 306 g/mol. The lowest BCUT2D eigenvalue weighted by Crippen LogP contribution is -2.47. The Morgan fingerprint density at radius 3 is 2.46 bits per heavy atom. The Bertz CT molecular complexity index is 769. The third-order valence-corrected chi connectivity index (χ3v) is 4.55. The van der Waals surface area contributed by atoms with E-state index in [-0.39, 0.29) is 5.91 Å². The van der Waals surface area contributed by atoms with Crippen LogP contribution in [0.25, 0.3) is 11.3 Å². The number of carbonyl (C=O) groups is 2. The van der Waals surface area contributed by atoms with Gasteiger partial charge in [0.05, 0.1) is 11.1 Å². The highest BCUT2D eigenvalue weighted by Crippen LogP contribution is 2.40. The number of amides is 2. The van der Waals surface area contributed by atoms with E-state index in [9.17, 15) is 9.59 Å². The molecule has 0 atom stereocenters. The molecule has 24 heavy (non-hydrogen) atoms. The molecule has 7 heteroatoms. The van der Waals surface area contributed by atoms with Gasteiger partial charge in [0.15, 0.2) is 0 Å². The zero-order chi connectivity index (χ0) is 17.2. The van der Waals surface area contributed by atoms with E-state index in [1.807, 2.05) is 6.07 Å². The largest absolute Gasteiger partial charge is 0.369 e.